The summed E-state index contributed by atoms with van der Waals surface area (Å²) in [5.74, 6) is 0.713. The molecule has 0 atom stereocenters. The van der Waals surface area contributed by atoms with E-state index in [9.17, 15) is 18.0 Å². The maximum Gasteiger partial charge on any atom is 0.522 e. The largest absolute Gasteiger partial charge is 0.522 e. The van der Waals surface area contributed by atoms with Crippen molar-refractivity contribution in [1.82, 2.24) is 15.5 Å². The number of nitrogens with zero attached hydrogens (tertiary/aromatic N) is 2. The number of aryl methyl sites for hydroxylation is 1. The summed E-state index contributed by atoms with van der Waals surface area (Å²) in [7, 11) is 0. The standard InChI is InChI=1S/C20H21ClF3N3O4/c1-12(25-17(28)11-29-16-5-3-15(21)4-6-16)2-7-18-26-27-19(31-18)14-8-13(9-14)10-30-20(22,23)24/h3-6,13-14H,1-2,7-11H2,(H,25,28)/t13-,14-. The summed E-state index contributed by atoms with van der Waals surface area (Å²) < 4.78 is 50.9. The topological polar surface area (TPSA) is 86.5 Å². The number of carbonyl (C=O) groups is 1. The summed E-state index contributed by atoms with van der Waals surface area (Å²) in [6.45, 7) is 3.26. The number of nitrogens with one attached hydrogen (secondary N) is 1. The van der Waals surface area contributed by atoms with Gasteiger partial charge in [0, 0.05) is 23.1 Å². The highest BCUT2D eigenvalue weighted by Gasteiger charge is 2.38. The molecule has 1 aromatic heterocycles. The van der Waals surface area contributed by atoms with Crippen LogP contribution in [0.3, 0.4) is 0 Å². The molecule has 0 bridgehead atoms. The molecule has 1 amide bonds. The van der Waals surface area contributed by atoms with Crippen molar-refractivity contribution in [2.24, 2.45) is 5.92 Å². The van der Waals surface area contributed by atoms with E-state index in [2.05, 4.69) is 26.8 Å². The van der Waals surface area contributed by atoms with E-state index >= 15 is 0 Å². The smallest absolute Gasteiger partial charge is 0.484 e. The molecule has 0 unspecified atom stereocenters. The summed E-state index contributed by atoms with van der Waals surface area (Å²) in [6.07, 6.45) is -2.83. The van der Waals surface area contributed by atoms with Gasteiger partial charge in [0.15, 0.2) is 6.61 Å². The fraction of sp³-hybridized carbons (Fsp3) is 0.450. The number of hydrogen-bond donors (Lipinski definition) is 1. The van der Waals surface area contributed by atoms with Gasteiger partial charge < -0.3 is 14.5 Å². The third-order valence-corrected chi connectivity index (χ3v) is 4.94. The monoisotopic (exact) mass is 459 g/mol. The normalized spacial score (nSPS) is 18.3. The van der Waals surface area contributed by atoms with Crippen LogP contribution in [0, 0.1) is 5.92 Å². The third kappa shape index (κ3) is 7.55. The average molecular weight is 460 g/mol. The lowest BCUT2D eigenvalue weighted by Gasteiger charge is -2.32. The Bertz CT molecular complexity index is 896. The van der Waals surface area contributed by atoms with Gasteiger partial charge in [-0.15, -0.1) is 23.4 Å². The molecule has 1 heterocycles. The minimum absolute atomic E-state index is 0.0593. The van der Waals surface area contributed by atoms with Crippen molar-refractivity contribution < 1.29 is 31.9 Å². The number of rotatable bonds is 10. The minimum atomic E-state index is -4.61. The van der Waals surface area contributed by atoms with E-state index in [-0.39, 0.29) is 31.0 Å². The molecule has 2 aromatic rings. The Labute approximate surface area is 181 Å². The van der Waals surface area contributed by atoms with Crippen molar-refractivity contribution in [3.05, 3.63) is 53.3 Å². The van der Waals surface area contributed by atoms with Crippen molar-refractivity contribution in [2.45, 2.75) is 38.0 Å². The van der Waals surface area contributed by atoms with Gasteiger partial charge in [0.25, 0.3) is 5.91 Å². The molecule has 0 spiro atoms. The van der Waals surface area contributed by atoms with Gasteiger partial charge >= 0.3 is 6.36 Å². The van der Waals surface area contributed by atoms with Crippen LogP contribution < -0.4 is 10.1 Å². The molecule has 0 radical (unpaired) electrons. The number of amides is 1. The molecule has 1 aliphatic carbocycles. The van der Waals surface area contributed by atoms with E-state index in [1.54, 1.807) is 24.3 Å². The molecule has 1 saturated carbocycles. The Morgan fingerprint density at radius 2 is 1.97 bits per heavy atom. The number of ether oxygens (including phenoxy) is 2. The van der Waals surface area contributed by atoms with E-state index in [1.165, 1.54) is 0 Å². The molecule has 3 rings (SSSR count). The predicted octanol–water partition coefficient (Wildman–Crippen LogP) is 4.39. The maximum absolute atomic E-state index is 12.1. The molecule has 1 fully saturated rings. The molecule has 168 valence electrons. The Hall–Kier alpha value is -2.59. The summed E-state index contributed by atoms with van der Waals surface area (Å²) >= 11 is 5.79. The van der Waals surface area contributed by atoms with Crippen LogP contribution in [-0.2, 0) is 16.0 Å². The fourth-order valence-corrected chi connectivity index (χ4v) is 3.18. The van der Waals surface area contributed by atoms with Gasteiger partial charge in [-0.3, -0.25) is 9.53 Å². The van der Waals surface area contributed by atoms with Crippen LogP contribution in [0.2, 0.25) is 5.02 Å². The van der Waals surface area contributed by atoms with Gasteiger partial charge in [-0.05, 0) is 49.4 Å². The molecule has 31 heavy (non-hydrogen) atoms. The highest BCUT2D eigenvalue weighted by Crippen LogP contribution is 2.41. The van der Waals surface area contributed by atoms with Gasteiger partial charge in [0.2, 0.25) is 11.8 Å². The lowest BCUT2D eigenvalue weighted by Crippen LogP contribution is -2.29. The first-order chi connectivity index (χ1) is 14.7. The Morgan fingerprint density at radius 1 is 1.26 bits per heavy atom. The van der Waals surface area contributed by atoms with Crippen LogP contribution in [0.1, 0.15) is 37.0 Å². The average Bonchev–Trinajstić information content (AvgIpc) is 3.12. The number of benzene rings is 1. The van der Waals surface area contributed by atoms with Crippen molar-refractivity contribution in [2.75, 3.05) is 13.2 Å². The second kappa shape index (κ2) is 10.1. The molecular formula is C20H21ClF3N3O4. The first-order valence-electron chi connectivity index (χ1n) is 9.57. The molecule has 7 nitrogen and oxygen atoms in total. The summed E-state index contributed by atoms with van der Waals surface area (Å²) in [6, 6.07) is 6.63. The second-order valence-electron chi connectivity index (χ2n) is 7.22. The first kappa shape index (κ1) is 23.1. The summed E-state index contributed by atoms with van der Waals surface area (Å²) in [4.78, 5) is 11.9. The summed E-state index contributed by atoms with van der Waals surface area (Å²) in [5.41, 5.74) is 0.470. The van der Waals surface area contributed by atoms with Crippen molar-refractivity contribution in [3.8, 4) is 5.75 Å². The van der Waals surface area contributed by atoms with Crippen LogP contribution in [0.15, 0.2) is 41.0 Å². The maximum atomic E-state index is 12.1. The van der Waals surface area contributed by atoms with Gasteiger partial charge in [0.05, 0.1) is 6.61 Å². The van der Waals surface area contributed by atoms with Crippen molar-refractivity contribution in [1.29, 1.82) is 0 Å². The van der Waals surface area contributed by atoms with Crippen LogP contribution in [0.4, 0.5) is 13.2 Å². The number of halogens is 4. The quantitative estimate of drug-likeness (QED) is 0.567. The van der Waals surface area contributed by atoms with Crippen LogP contribution in [-0.4, -0.2) is 35.7 Å². The van der Waals surface area contributed by atoms with Crippen LogP contribution >= 0.6 is 11.6 Å². The molecular weight excluding hydrogens is 439 g/mol. The number of aromatic nitrogens is 2. The van der Waals surface area contributed by atoms with Gasteiger partial charge in [-0.25, -0.2) is 0 Å². The number of carbonyl (C=O) groups excluding carboxylic acids is 1. The van der Waals surface area contributed by atoms with E-state index in [0.717, 1.165) is 0 Å². The second-order valence-corrected chi connectivity index (χ2v) is 7.66. The Morgan fingerprint density at radius 3 is 2.65 bits per heavy atom. The zero-order chi connectivity index (χ0) is 22.4. The SMILES string of the molecule is C=C(CCc1nnc([C@H]2C[C@H](COC(F)(F)F)C2)o1)NC(=O)COc1ccc(Cl)cc1. The molecule has 0 aliphatic heterocycles. The molecule has 1 N–H and O–H groups in total. The zero-order valence-corrected chi connectivity index (χ0v) is 17.2. The van der Waals surface area contributed by atoms with E-state index < -0.39 is 6.36 Å². The first-order valence-corrected chi connectivity index (χ1v) is 9.94. The fourth-order valence-electron chi connectivity index (χ4n) is 3.05. The molecule has 11 heteroatoms. The van der Waals surface area contributed by atoms with Gasteiger partial charge in [-0.2, -0.15) is 0 Å². The summed E-state index contributed by atoms with van der Waals surface area (Å²) in [5, 5.41) is 11.1. The zero-order valence-electron chi connectivity index (χ0n) is 16.5. The lowest BCUT2D eigenvalue weighted by molar-refractivity contribution is -0.330. The Balaban J connectivity index is 1.33. The highest BCUT2D eigenvalue weighted by atomic mass is 35.5. The van der Waals surface area contributed by atoms with E-state index in [0.29, 0.717) is 53.9 Å². The van der Waals surface area contributed by atoms with E-state index in [1.807, 2.05) is 0 Å². The number of hydrogen-bond acceptors (Lipinski definition) is 6. The number of alkyl halides is 3. The van der Waals surface area contributed by atoms with Gasteiger partial charge in [0.1, 0.15) is 5.75 Å². The molecule has 0 saturated heterocycles. The van der Waals surface area contributed by atoms with E-state index in [4.69, 9.17) is 20.8 Å². The highest BCUT2D eigenvalue weighted by molar-refractivity contribution is 6.30. The number of allylic oxidation sites excluding steroid dienone is 1. The third-order valence-electron chi connectivity index (χ3n) is 4.69. The molecule has 1 aliphatic rings. The predicted molar refractivity (Wildman–Crippen MR) is 104 cm³/mol. The van der Waals surface area contributed by atoms with Crippen LogP contribution in [0.5, 0.6) is 5.75 Å². The van der Waals surface area contributed by atoms with Crippen molar-refractivity contribution in [3.63, 3.8) is 0 Å². The molecule has 1 aromatic carbocycles. The van der Waals surface area contributed by atoms with Crippen molar-refractivity contribution >= 4 is 17.5 Å². The van der Waals surface area contributed by atoms with Crippen LogP contribution in [0.25, 0.3) is 0 Å². The van der Waals surface area contributed by atoms with Gasteiger partial charge in [-0.1, -0.05) is 18.2 Å². The Kier molecular flexibility index (Phi) is 7.55. The lowest BCUT2D eigenvalue weighted by atomic mass is 9.75. The minimum Gasteiger partial charge on any atom is -0.484 e.